The van der Waals surface area contributed by atoms with E-state index in [4.69, 9.17) is 0 Å². The van der Waals surface area contributed by atoms with Gasteiger partial charge in [0.25, 0.3) is 0 Å². The average molecular weight is 197 g/mol. The van der Waals surface area contributed by atoms with Crippen LogP contribution in [0.5, 0.6) is 0 Å². The third-order valence-corrected chi connectivity index (χ3v) is 4.04. The van der Waals surface area contributed by atoms with Crippen LogP contribution in [0.25, 0.3) is 0 Å². The van der Waals surface area contributed by atoms with Crippen LogP contribution in [-0.4, -0.2) is 23.3 Å². The number of aliphatic hydroxyl groups is 1. The van der Waals surface area contributed by atoms with E-state index in [1.54, 1.807) is 0 Å². The maximum atomic E-state index is 9.44. The molecule has 0 spiro atoms. The van der Waals surface area contributed by atoms with Gasteiger partial charge in [0.05, 0.1) is 6.10 Å². The highest BCUT2D eigenvalue weighted by Crippen LogP contribution is 2.35. The molecular formula is C12H23NO. The van der Waals surface area contributed by atoms with Gasteiger partial charge < -0.3 is 10.4 Å². The van der Waals surface area contributed by atoms with Gasteiger partial charge in [-0.15, -0.1) is 0 Å². The summed E-state index contributed by atoms with van der Waals surface area (Å²) < 4.78 is 0. The van der Waals surface area contributed by atoms with E-state index >= 15 is 0 Å². The lowest BCUT2D eigenvalue weighted by atomic mass is 9.72. The first kappa shape index (κ1) is 10.4. The van der Waals surface area contributed by atoms with Gasteiger partial charge in [0.1, 0.15) is 0 Å². The molecule has 0 bridgehead atoms. The highest BCUT2D eigenvalue weighted by Gasteiger charge is 2.35. The molecule has 0 radical (unpaired) electrons. The number of aliphatic hydroxyl groups excluding tert-OH is 1. The summed E-state index contributed by atoms with van der Waals surface area (Å²) in [5.74, 6) is 1.69. The predicted molar refractivity (Wildman–Crippen MR) is 58.1 cm³/mol. The Labute approximate surface area is 87.1 Å². The zero-order chi connectivity index (χ0) is 10.1. The van der Waals surface area contributed by atoms with Crippen LogP contribution in [0.3, 0.4) is 0 Å². The second-order valence-electron chi connectivity index (χ2n) is 5.42. The van der Waals surface area contributed by atoms with Gasteiger partial charge in [-0.25, -0.2) is 0 Å². The molecule has 2 unspecified atom stereocenters. The van der Waals surface area contributed by atoms with Crippen molar-refractivity contribution in [1.29, 1.82) is 0 Å². The van der Waals surface area contributed by atoms with E-state index in [2.05, 4.69) is 19.2 Å². The van der Waals surface area contributed by atoms with Crippen LogP contribution in [0.15, 0.2) is 0 Å². The molecule has 4 atom stereocenters. The maximum absolute atomic E-state index is 9.44. The van der Waals surface area contributed by atoms with Crippen molar-refractivity contribution in [2.45, 2.75) is 64.1 Å². The number of hydrogen-bond donors (Lipinski definition) is 2. The molecule has 0 aromatic rings. The van der Waals surface area contributed by atoms with E-state index in [-0.39, 0.29) is 6.10 Å². The molecule has 2 rings (SSSR count). The number of nitrogens with one attached hydrogen (secondary N) is 1. The minimum Gasteiger partial charge on any atom is -0.393 e. The van der Waals surface area contributed by atoms with Crippen molar-refractivity contribution in [2.24, 2.45) is 11.8 Å². The molecule has 0 aliphatic heterocycles. The SMILES string of the molecule is CC(C)C1CCC1N[C@H]1CC[C@@H](O)C1. The molecule has 2 saturated carbocycles. The van der Waals surface area contributed by atoms with Gasteiger partial charge >= 0.3 is 0 Å². The summed E-state index contributed by atoms with van der Waals surface area (Å²) in [7, 11) is 0. The van der Waals surface area contributed by atoms with E-state index in [9.17, 15) is 5.11 Å². The highest BCUT2D eigenvalue weighted by molar-refractivity contribution is 4.92. The van der Waals surface area contributed by atoms with E-state index in [0.29, 0.717) is 6.04 Å². The lowest BCUT2D eigenvalue weighted by Gasteiger charge is -2.41. The van der Waals surface area contributed by atoms with Crippen molar-refractivity contribution in [3.8, 4) is 0 Å². The summed E-state index contributed by atoms with van der Waals surface area (Å²) in [6, 6.07) is 1.34. The molecular weight excluding hydrogens is 174 g/mol. The normalized spacial score (nSPS) is 42.9. The summed E-state index contributed by atoms with van der Waals surface area (Å²) in [5.41, 5.74) is 0. The average Bonchev–Trinajstić information content (AvgIpc) is 2.44. The second-order valence-corrected chi connectivity index (χ2v) is 5.42. The van der Waals surface area contributed by atoms with Crippen LogP contribution < -0.4 is 5.32 Å². The summed E-state index contributed by atoms with van der Waals surface area (Å²) in [6.07, 6.45) is 5.84. The van der Waals surface area contributed by atoms with Gasteiger partial charge in [-0.05, 0) is 43.9 Å². The van der Waals surface area contributed by atoms with E-state index in [1.807, 2.05) is 0 Å². The summed E-state index contributed by atoms with van der Waals surface area (Å²) >= 11 is 0. The van der Waals surface area contributed by atoms with Crippen LogP contribution in [0, 0.1) is 11.8 Å². The Kier molecular flexibility index (Phi) is 3.13. The molecule has 2 aliphatic carbocycles. The fraction of sp³-hybridized carbons (Fsp3) is 1.00. The Morgan fingerprint density at radius 3 is 2.36 bits per heavy atom. The monoisotopic (exact) mass is 197 g/mol. The second kappa shape index (κ2) is 4.19. The van der Waals surface area contributed by atoms with Crippen molar-refractivity contribution < 1.29 is 5.11 Å². The largest absolute Gasteiger partial charge is 0.393 e. The third-order valence-electron chi connectivity index (χ3n) is 4.04. The summed E-state index contributed by atoms with van der Waals surface area (Å²) in [6.45, 7) is 4.64. The molecule has 2 fully saturated rings. The van der Waals surface area contributed by atoms with E-state index in [1.165, 1.54) is 19.3 Å². The summed E-state index contributed by atoms with van der Waals surface area (Å²) in [4.78, 5) is 0. The Balaban J connectivity index is 1.75. The number of rotatable bonds is 3. The van der Waals surface area contributed by atoms with E-state index < -0.39 is 0 Å². The Morgan fingerprint density at radius 1 is 1.14 bits per heavy atom. The lowest BCUT2D eigenvalue weighted by Crippen LogP contribution is -2.49. The first-order chi connectivity index (χ1) is 6.66. The number of hydrogen-bond acceptors (Lipinski definition) is 2. The molecule has 0 aromatic carbocycles. The molecule has 14 heavy (non-hydrogen) atoms. The van der Waals surface area contributed by atoms with Crippen molar-refractivity contribution in [1.82, 2.24) is 5.32 Å². The van der Waals surface area contributed by atoms with Crippen LogP contribution in [0.1, 0.15) is 46.0 Å². The Hall–Kier alpha value is -0.0800. The van der Waals surface area contributed by atoms with Gasteiger partial charge in [0.15, 0.2) is 0 Å². The molecule has 2 aliphatic rings. The fourth-order valence-corrected chi connectivity index (χ4v) is 2.94. The lowest BCUT2D eigenvalue weighted by molar-refractivity contribution is 0.135. The van der Waals surface area contributed by atoms with Gasteiger partial charge in [-0.3, -0.25) is 0 Å². The molecule has 2 N–H and O–H groups in total. The smallest absolute Gasteiger partial charge is 0.0555 e. The van der Waals surface area contributed by atoms with Crippen molar-refractivity contribution >= 4 is 0 Å². The molecule has 2 heteroatoms. The van der Waals surface area contributed by atoms with Crippen molar-refractivity contribution in [2.75, 3.05) is 0 Å². The van der Waals surface area contributed by atoms with Crippen molar-refractivity contribution in [3.63, 3.8) is 0 Å². The first-order valence-corrected chi connectivity index (χ1v) is 6.11. The summed E-state index contributed by atoms with van der Waals surface area (Å²) in [5, 5.41) is 13.2. The van der Waals surface area contributed by atoms with Gasteiger partial charge in [-0.2, -0.15) is 0 Å². The molecule has 0 saturated heterocycles. The fourth-order valence-electron chi connectivity index (χ4n) is 2.94. The quantitative estimate of drug-likeness (QED) is 0.724. The molecule has 82 valence electrons. The Morgan fingerprint density at radius 2 is 1.93 bits per heavy atom. The molecule has 0 heterocycles. The third kappa shape index (κ3) is 2.12. The van der Waals surface area contributed by atoms with Gasteiger partial charge in [0, 0.05) is 12.1 Å². The van der Waals surface area contributed by atoms with Crippen molar-refractivity contribution in [3.05, 3.63) is 0 Å². The van der Waals surface area contributed by atoms with Crippen LogP contribution >= 0.6 is 0 Å². The standard InChI is InChI=1S/C12H23NO/c1-8(2)11-5-6-12(11)13-9-3-4-10(14)7-9/h8-14H,3-7H2,1-2H3/t9-,10+,11?,12?/m0/s1. The minimum atomic E-state index is -0.0370. The first-order valence-electron chi connectivity index (χ1n) is 6.11. The molecule has 0 aromatic heterocycles. The zero-order valence-corrected chi connectivity index (χ0v) is 9.37. The van der Waals surface area contributed by atoms with E-state index in [0.717, 1.165) is 30.7 Å². The highest BCUT2D eigenvalue weighted by atomic mass is 16.3. The Bertz CT molecular complexity index is 193. The topological polar surface area (TPSA) is 32.3 Å². The molecule has 2 nitrogen and oxygen atoms in total. The van der Waals surface area contributed by atoms with Crippen LogP contribution in [0.4, 0.5) is 0 Å². The van der Waals surface area contributed by atoms with Crippen LogP contribution in [-0.2, 0) is 0 Å². The molecule has 0 amide bonds. The zero-order valence-electron chi connectivity index (χ0n) is 9.37. The maximum Gasteiger partial charge on any atom is 0.0555 e. The minimum absolute atomic E-state index is 0.0370. The van der Waals surface area contributed by atoms with Gasteiger partial charge in [-0.1, -0.05) is 13.8 Å². The van der Waals surface area contributed by atoms with Gasteiger partial charge in [0.2, 0.25) is 0 Å². The predicted octanol–water partition coefficient (Wildman–Crippen LogP) is 1.92. The van der Waals surface area contributed by atoms with Crippen LogP contribution in [0.2, 0.25) is 0 Å².